The molecule has 0 atom stereocenters. The third kappa shape index (κ3) is 4.99. The van der Waals surface area contributed by atoms with E-state index in [1.165, 1.54) is 36.0 Å². The molecule has 3 aromatic carbocycles. The topological polar surface area (TPSA) is 138 Å². The molecule has 12 heteroatoms. The van der Waals surface area contributed by atoms with Crippen LogP contribution < -0.4 is 19.9 Å². The summed E-state index contributed by atoms with van der Waals surface area (Å²) in [6.45, 7) is 0.172. The molecule has 35 heavy (non-hydrogen) atoms. The Morgan fingerprint density at radius 1 is 1.00 bits per heavy atom. The number of carbonyl (C=O) groups is 1. The van der Waals surface area contributed by atoms with Crippen LogP contribution in [0.15, 0.2) is 82.8 Å². The van der Waals surface area contributed by atoms with Crippen molar-refractivity contribution in [2.45, 2.75) is 10.1 Å². The highest BCUT2D eigenvalue weighted by atomic mass is 32.2. The molecule has 1 aliphatic rings. The first kappa shape index (κ1) is 22.9. The first-order valence-electron chi connectivity index (χ1n) is 10.3. The second-order valence-electron chi connectivity index (χ2n) is 7.45. The predicted molar refractivity (Wildman–Crippen MR) is 130 cm³/mol. The average molecular weight is 510 g/mol. The second-order valence-corrected chi connectivity index (χ2v) is 9.96. The highest BCUT2D eigenvalue weighted by Crippen LogP contribution is 2.37. The van der Waals surface area contributed by atoms with Crippen molar-refractivity contribution in [1.29, 1.82) is 0 Å². The number of para-hydroxylation sites is 1. The molecule has 178 valence electrons. The van der Waals surface area contributed by atoms with Gasteiger partial charge in [0.25, 0.3) is 0 Å². The minimum absolute atomic E-state index is 0.0307. The monoisotopic (exact) mass is 509 g/mol. The molecule has 0 fully saturated rings. The van der Waals surface area contributed by atoms with Crippen LogP contribution in [0.3, 0.4) is 0 Å². The van der Waals surface area contributed by atoms with Crippen LogP contribution in [0.2, 0.25) is 0 Å². The largest absolute Gasteiger partial charge is 0.454 e. The van der Waals surface area contributed by atoms with Crippen molar-refractivity contribution < 1.29 is 22.7 Å². The number of amides is 1. The van der Waals surface area contributed by atoms with Crippen LogP contribution in [0, 0.1) is 0 Å². The van der Waals surface area contributed by atoms with Crippen molar-refractivity contribution in [3.8, 4) is 28.6 Å². The van der Waals surface area contributed by atoms with Crippen LogP contribution in [-0.2, 0) is 14.8 Å². The van der Waals surface area contributed by atoms with Crippen molar-refractivity contribution in [1.82, 2.24) is 14.8 Å². The molecule has 0 bridgehead atoms. The molecule has 0 spiro atoms. The van der Waals surface area contributed by atoms with Crippen molar-refractivity contribution in [3.05, 3.63) is 72.8 Å². The summed E-state index contributed by atoms with van der Waals surface area (Å²) in [7, 11) is -3.80. The fraction of sp³-hybridized carbons (Fsp3) is 0.0870. The van der Waals surface area contributed by atoms with E-state index in [-0.39, 0.29) is 23.3 Å². The lowest BCUT2D eigenvalue weighted by Gasteiger charge is -2.11. The molecular weight excluding hydrogens is 490 g/mol. The maximum Gasteiger partial charge on any atom is 0.238 e. The lowest BCUT2D eigenvalue weighted by Crippen LogP contribution is -2.15. The Balaban J connectivity index is 1.37. The molecule has 0 aliphatic carbocycles. The number of benzene rings is 3. The summed E-state index contributed by atoms with van der Waals surface area (Å²) >= 11 is 1.22. The number of sulfonamides is 1. The zero-order valence-electron chi connectivity index (χ0n) is 18.1. The maximum atomic E-state index is 12.6. The average Bonchev–Trinajstić information content (AvgIpc) is 3.49. The number of hydrogen-bond donors (Lipinski definition) is 2. The fourth-order valence-corrected chi connectivity index (χ4v) is 4.72. The number of aromatic nitrogens is 3. The minimum atomic E-state index is -3.80. The number of hydrogen-bond acceptors (Lipinski definition) is 8. The van der Waals surface area contributed by atoms with E-state index >= 15 is 0 Å². The Morgan fingerprint density at radius 2 is 1.74 bits per heavy atom. The Morgan fingerprint density at radius 3 is 2.49 bits per heavy atom. The Bertz CT molecular complexity index is 1490. The molecule has 2 heterocycles. The number of ether oxygens (including phenoxy) is 2. The molecule has 0 unspecified atom stereocenters. The highest BCUT2D eigenvalue weighted by Gasteiger charge is 2.20. The molecule has 1 amide bonds. The lowest BCUT2D eigenvalue weighted by molar-refractivity contribution is -0.113. The quantitative estimate of drug-likeness (QED) is 0.363. The number of nitrogens with two attached hydrogens (primary N) is 1. The van der Waals surface area contributed by atoms with E-state index in [0.717, 1.165) is 11.3 Å². The zero-order valence-corrected chi connectivity index (χ0v) is 19.8. The predicted octanol–water partition coefficient (Wildman–Crippen LogP) is 3.04. The minimum Gasteiger partial charge on any atom is -0.454 e. The lowest BCUT2D eigenvalue weighted by atomic mass is 10.2. The molecule has 1 aliphatic heterocycles. The van der Waals surface area contributed by atoms with Crippen LogP contribution in [-0.4, -0.2) is 41.6 Å². The SMILES string of the molecule is NS(=O)(=O)c1ccc(NC(=O)CSc2nnc(-c3ccc4c(c3)OCO4)n2-c2ccccc2)cc1. The van der Waals surface area contributed by atoms with E-state index in [2.05, 4.69) is 15.5 Å². The summed E-state index contributed by atoms with van der Waals surface area (Å²) in [6, 6.07) is 20.8. The first-order valence-corrected chi connectivity index (χ1v) is 12.9. The van der Waals surface area contributed by atoms with Crippen molar-refractivity contribution in [3.63, 3.8) is 0 Å². The molecule has 0 radical (unpaired) electrons. The number of nitrogens with one attached hydrogen (secondary N) is 1. The standard InChI is InChI=1S/C23H19N5O5S2/c24-35(30,31)18-9-7-16(8-10-18)25-21(29)13-34-23-27-26-22(28(23)17-4-2-1-3-5-17)15-6-11-19-20(12-15)33-14-32-19/h1-12H,13-14H2,(H,25,29)(H2,24,30,31). The highest BCUT2D eigenvalue weighted by molar-refractivity contribution is 7.99. The number of primary sulfonamides is 1. The zero-order chi connectivity index (χ0) is 24.4. The van der Waals surface area contributed by atoms with Gasteiger partial charge in [0.1, 0.15) is 0 Å². The number of anilines is 1. The van der Waals surface area contributed by atoms with E-state index in [4.69, 9.17) is 14.6 Å². The van der Waals surface area contributed by atoms with Gasteiger partial charge in [-0.25, -0.2) is 13.6 Å². The molecule has 10 nitrogen and oxygen atoms in total. The summed E-state index contributed by atoms with van der Waals surface area (Å²) in [5.41, 5.74) is 2.08. The maximum absolute atomic E-state index is 12.6. The summed E-state index contributed by atoms with van der Waals surface area (Å²) in [4.78, 5) is 12.5. The fourth-order valence-electron chi connectivity index (χ4n) is 3.45. The number of nitrogens with zero attached hydrogens (tertiary/aromatic N) is 3. The Kier molecular flexibility index (Phi) is 6.16. The third-order valence-corrected chi connectivity index (χ3v) is 6.94. The van der Waals surface area contributed by atoms with Gasteiger partial charge in [-0.3, -0.25) is 9.36 Å². The van der Waals surface area contributed by atoms with Crippen LogP contribution >= 0.6 is 11.8 Å². The van der Waals surface area contributed by atoms with Gasteiger partial charge in [0.15, 0.2) is 22.5 Å². The van der Waals surface area contributed by atoms with Crippen molar-refractivity contribution in [2.24, 2.45) is 5.14 Å². The van der Waals surface area contributed by atoms with Gasteiger partial charge >= 0.3 is 0 Å². The van der Waals surface area contributed by atoms with Crippen molar-refractivity contribution >= 4 is 33.4 Å². The van der Waals surface area contributed by atoms with Crippen LogP contribution in [0.25, 0.3) is 17.1 Å². The number of thioether (sulfide) groups is 1. The smallest absolute Gasteiger partial charge is 0.238 e. The number of rotatable bonds is 7. The molecule has 0 saturated carbocycles. The van der Waals surface area contributed by atoms with Gasteiger partial charge in [0.2, 0.25) is 22.7 Å². The number of fused-ring (bicyclic) bond motifs is 1. The molecule has 4 aromatic rings. The Hall–Kier alpha value is -3.87. The molecule has 5 rings (SSSR count). The van der Waals surface area contributed by atoms with E-state index in [0.29, 0.717) is 28.2 Å². The van der Waals surface area contributed by atoms with Gasteiger partial charge in [0.05, 0.1) is 10.6 Å². The van der Waals surface area contributed by atoms with Gasteiger partial charge in [-0.05, 0) is 54.6 Å². The van der Waals surface area contributed by atoms with E-state index in [9.17, 15) is 13.2 Å². The van der Waals surface area contributed by atoms with Gasteiger partial charge in [-0.1, -0.05) is 30.0 Å². The summed E-state index contributed by atoms with van der Waals surface area (Å²) in [5, 5.41) is 17.1. The van der Waals surface area contributed by atoms with Crippen LogP contribution in [0.4, 0.5) is 5.69 Å². The third-order valence-electron chi connectivity index (χ3n) is 5.08. The molecule has 0 saturated heterocycles. The molecular formula is C23H19N5O5S2. The second kappa shape index (κ2) is 9.41. The van der Waals surface area contributed by atoms with Crippen LogP contribution in [0.1, 0.15) is 0 Å². The van der Waals surface area contributed by atoms with Crippen LogP contribution in [0.5, 0.6) is 11.5 Å². The summed E-state index contributed by atoms with van der Waals surface area (Å²) in [5.74, 6) is 1.67. The van der Waals surface area contributed by atoms with E-state index in [1.807, 2.05) is 53.1 Å². The number of carbonyl (C=O) groups excluding carboxylic acids is 1. The van der Waals surface area contributed by atoms with Gasteiger partial charge in [0, 0.05) is 16.9 Å². The van der Waals surface area contributed by atoms with E-state index in [1.54, 1.807) is 0 Å². The summed E-state index contributed by atoms with van der Waals surface area (Å²) in [6.07, 6.45) is 0. The normalized spacial score (nSPS) is 12.5. The summed E-state index contributed by atoms with van der Waals surface area (Å²) < 4.78 is 35.6. The van der Waals surface area contributed by atoms with Crippen molar-refractivity contribution in [2.75, 3.05) is 17.9 Å². The van der Waals surface area contributed by atoms with E-state index < -0.39 is 10.0 Å². The van der Waals surface area contributed by atoms with Gasteiger partial charge in [-0.15, -0.1) is 10.2 Å². The molecule has 1 aromatic heterocycles. The Labute approximate surface area is 205 Å². The molecule has 3 N–H and O–H groups in total. The first-order chi connectivity index (χ1) is 16.9. The van der Waals surface area contributed by atoms with Gasteiger partial charge in [-0.2, -0.15) is 0 Å². The van der Waals surface area contributed by atoms with Gasteiger partial charge < -0.3 is 14.8 Å².